The topological polar surface area (TPSA) is 55.6 Å². The van der Waals surface area contributed by atoms with E-state index in [1.165, 1.54) is 0 Å². The van der Waals surface area contributed by atoms with Gasteiger partial charge in [-0.15, -0.1) is 0 Å². The first-order valence-corrected chi connectivity index (χ1v) is 10.5. The standard InChI is InChI=1S/C28H30N2O2/c29-27(31)28(23-7-3-1-4-8-23,24-9-5-2-6-10-24)25-14-17-30(20-25)16-13-21-11-12-26-22(19-21)15-18-32-26/h1-12,19,25H,13-18,20H2,(H2,29,31)/t25-/m1/s1/i1D,2D,3D,4D,5D,6D,7D,8D,9D,10D,18D2. The van der Waals surface area contributed by atoms with E-state index >= 15 is 0 Å². The summed E-state index contributed by atoms with van der Waals surface area (Å²) in [5, 5.41) is 0. The molecule has 2 N–H and O–H groups in total. The van der Waals surface area contributed by atoms with Gasteiger partial charge in [-0.3, -0.25) is 4.79 Å². The Morgan fingerprint density at radius 3 is 2.47 bits per heavy atom. The Morgan fingerprint density at radius 1 is 1.12 bits per heavy atom. The minimum Gasteiger partial charge on any atom is -0.493 e. The Morgan fingerprint density at radius 2 is 1.81 bits per heavy atom. The largest absolute Gasteiger partial charge is 0.493 e. The summed E-state index contributed by atoms with van der Waals surface area (Å²) in [6, 6.07) is -1.87. The molecule has 2 aliphatic heterocycles. The molecular formula is C28H30N2O2. The van der Waals surface area contributed by atoms with Crippen LogP contribution in [0.1, 0.15) is 45.1 Å². The van der Waals surface area contributed by atoms with Crippen LogP contribution in [0.5, 0.6) is 5.75 Å². The molecule has 0 bridgehead atoms. The second kappa shape index (κ2) is 8.79. The molecule has 5 rings (SSSR count). The molecule has 3 aromatic carbocycles. The van der Waals surface area contributed by atoms with Crippen molar-refractivity contribution in [2.45, 2.75) is 24.7 Å². The number of carbonyl (C=O) groups excluding carboxylic acids is 1. The van der Waals surface area contributed by atoms with Crippen LogP contribution in [-0.2, 0) is 23.1 Å². The first-order valence-electron chi connectivity index (χ1n) is 16.5. The van der Waals surface area contributed by atoms with Crippen LogP contribution in [0.15, 0.2) is 78.6 Å². The summed E-state index contributed by atoms with van der Waals surface area (Å²) in [6.07, 6.45) is 0.876. The van der Waals surface area contributed by atoms with Crippen LogP contribution in [0.4, 0.5) is 0 Å². The molecule has 1 amide bonds. The van der Waals surface area contributed by atoms with E-state index < -0.39 is 95.4 Å². The third-order valence-corrected chi connectivity index (χ3v) is 6.35. The van der Waals surface area contributed by atoms with Gasteiger partial charge in [0.25, 0.3) is 0 Å². The minimum absolute atomic E-state index is 0.115. The van der Waals surface area contributed by atoms with Gasteiger partial charge in [0.05, 0.1) is 23.0 Å². The molecule has 4 nitrogen and oxygen atoms in total. The van der Waals surface area contributed by atoms with Crippen molar-refractivity contribution in [3.8, 4) is 5.75 Å². The Balaban J connectivity index is 1.61. The zero-order valence-corrected chi connectivity index (χ0v) is 17.4. The number of hydrogen-bond acceptors (Lipinski definition) is 3. The number of hydrogen-bond donors (Lipinski definition) is 1. The number of carbonyl (C=O) groups is 1. The fraction of sp³-hybridized carbons (Fsp3) is 0.321. The molecule has 0 aliphatic carbocycles. The molecule has 3 aromatic rings. The maximum Gasteiger partial charge on any atom is 0.232 e. The van der Waals surface area contributed by atoms with Crippen molar-refractivity contribution >= 4 is 5.91 Å². The molecule has 0 saturated carbocycles. The van der Waals surface area contributed by atoms with Crippen molar-refractivity contribution in [2.75, 3.05) is 26.2 Å². The van der Waals surface area contributed by atoms with Crippen LogP contribution >= 0.6 is 0 Å². The summed E-state index contributed by atoms with van der Waals surface area (Å²) in [4.78, 5) is 15.8. The number of primary amides is 1. The average molecular weight is 439 g/mol. The van der Waals surface area contributed by atoms with Crippen molar-refractivity contribution < 1.29 is 26.0 Å². The third kappa shape index (κ3) is 3.69. The Kier molecular flexibility index (Phi) is 3.06. The molecule has 4 heteroatoms. The monoisotopic (exact) mass is 438 g/mol. The fourth-order valence-corrected chi connectivity index (χ4v) is 4.77. The Labute approximate surface area is 206 Å². The second-order valence-corrected chi connectivity index (χ2v) is 8.07. The van der Waals surface area contributed by atoms with Gasteiger partial charge in [-0.05, 0) is 53.6 Å². The number of rotatable bonds is 7. The molecule has 32 heavy (non-hydrogen) atoms. The van der Waals surface area contributed by atoms with E-state index in [9.17, 15) is 4.79 Å². The molecule has 0 radical (unpaired) electrons. The summed E-state index contributed by atoms with van der Waals surface area (Å²) in [5.74, 6) is -1.61. The highest BCUT2D eigenvalue weighted by atomic mass is 16.5. The van der Waals surface area contributed by atoms with E-state index in [0.717, 1.165) is 11.1 Å². The molecule has 0 spiro atoms. The highest BCUT2D eigenvalue weighted by Crippen LogP contribution is 2.43. The lowest BCUT2D eigenvalue weighted by molar-refractivity contribution is -0.123. The Bertz CT molecular complexity index is 1570. The van der Waals surface area contributed by atoms with Crippen LogP contribution in [0.25, 0.3) is 0 Å². The lowest BCUT2D eigenvalue weighted by atomic mass is 9.64. The summed E-state index contributed by atoms with van der Waals surface area (Å²) < 4.78 is 105. The van der Waals surface area contributed by atoms with Gasteiger partial charge < -0.3 is 15.4 Å². The number of amides is 1. The fourth-order valence-electron chi connectivity index (χ4n) is 4.77. The molecule has 0 unspecified atom stereocenters. The predicted molar refractivity (Wildman–Crippen MR) is 127 cm³/mol. The van der Waals surface area contributed by atoms with Crippen LogP contribution in [0.3, 0.4) is 0 Å². The van der Waals surface area contributed by atoms with Gasteiger partial charge in [-0.1, -0.05) is 72.6 Å². The lowest BCUT2D eigenvalue weighted by Gasteiger charge is -2.37. The van der Waals surface area contributed by atoms with Crippen LogP contribution < -0.4 is 10.5 Å². The lowest BCUT2D eigenvalue weighted by Crippen LogP contribution is -2.49. The number of aryl methyl sites for hydroxylation is 1. The van der Waals surface area contributed by atoms with Crippen molar-refractivity contribution in [3.05, 3.63) is 101 Å². The number of fused-ring (bicyclic) bond motifs is 1. The number of nitrogens with zero attached hydrogens (tertiary/aromatic N) is 1. The molecule has 0 aromatic heterocycles. The van der Waals surface area contributed by atoms with Crippen molar-refractivity contribution in [1.29, 1.82) is 0 Å². The van der Waals surface area contributed by atoms with Crippen molar-refractivity contribution in [2.24, 2.45) is 11.7 Å². The summed E-state index contributed by atoms with van der Waals surface area (Å²) in [7, 11) is 0. The number of likely N-dealkylation sites (tertiary alicyclic amines) is 1. The van der Waals surface area contributed by atoms with E-state index in [0.29, 0.717) is 25.3 Å². The zero-order chi connectivity index (χ0) is 32.5. The molecule has 1 atom stereocenters. The van der Waals surface area contributed by atoms with Crippen LogP contribution in [0, 0.1) is 5.92 Å². The summed E-state index contributed by atoms with van der Waals surface area (Å²) >= 11 is 0. The highest BCUT2D eigenvalue weighted by molar-refractivity contribution is 5.91. The molecule has 164 valence electrons. The SMILES string of the molecule is [2H]c1c([2H])c([2H])c(C(C(N)=O)(c2c([2H])c([2H])c([2H])c([2H])c2[2H])[C@@H]2CCN(CCc3ccc4c(c3)CC([2H])([2H])O4)C2)c([2H])c1[2H]. The third-order valence-electron chi connectivity index (χ3n) is 6.35. The second-order valence-electron chi connectivity index (χ2n) is 8.07. The number of benzene rings is 3. The van der Waals surface area contributed by atoms with Gasteiger partial charge in [-0.2, -0.15) is 0 Å². The van der Waals surface area contributed by atoms with Gasteiger partial charge in [0, 0.05) is 19.5 Å². The number of ether oxygens (including phenoxy) is 1. The summed E-state index contributed by atoms with van der Waals surface area (Å²) in [6.45, 7) is -0.787. The highest BCUT2D eigenvalue weighted by Gasteiger charge is 2.49. The van der Waals surface area contributed by atoms with E-state index in [-0.39, 0.29) is 19.4 Å². The predicted octanol–water partition coefficient (Wildman–Crippen LogP) is 3.96. The van der Waals surface area contributed by atoms with Crippen LogP contribution in [-0.4, -0.2) is 37.0 Å². The molecule has 1 saturated heterocycles. The molecular weight excluding hydrogens is 396 g/mol. The molecule has 2 aliphatic rings. The van der Waals surface area contributed by atoms with Crippen molar-refractivity contribution in [3.63, 3.8) is 0 Å². The molecule has 1 fully saturated rings. The maximum atomic E-state index is 13.8. The smallest absolute Gasteiger partial charge is 0.232 e. The minimum atomic E-state index is -2.35. The molecule has 2 heterocycles. The van der Waals surface area contributed by atoms with Gasteiger partial charge >= 0.3 is 0 Å². The zero-order valence-electron chi connectivity index (χ0n) is 29.4. The van der Waals surface area contributed by atoms with E-state index in [4.69, 9.17) is 26.9 Å². The van der Waals surface area contributed by atoms with E-state index in [1.807, 2.05) is 17.0 Å². The quantitative estimate of drug-likeness (QED) is 0.608. The van der Waals surface area contributed by atoms with Gasteiger partial charge in [0.15, 0.2) is 0 Å². The first-order chi connectivity index (χ1) is 20.5. The van der Waals surface area contributed by atoms with Gasteiger partial charge in [0.1, 0.15) is 11.2 Å². The van der Waals surface area contributed by atoms with E-state index in [1.54, 1.807) is 6.07 Å². The normalized spacial score (nSPS) is 25.2. The van der Waals surface area contributed by atoms with E-state index in [2.05, 4.69) is 0 Å². The van der Waals surface area contributed by atoms with Crippen LogP contribution in [0.2, 0.25) is 0 Å². The Hall–Kier alpha value is -3.11. The van der Waals surface area contributed by atoms with Crippen molar-refractivity contribution in [1.82, 2.24) is 4.90 Å². The maximum absolute atomic E-state index is 13.8. The van der Waals surface area contributed by atoms with Gasteiger partial charge in [0.2, 0.25) is 5.91 Å². The number of nitrogens with two attached hydrogens (primary N) is 1. The first kappa shape index (κ1) is 11.2. The van der Waals surface area contributed by atoms with Gasteiger partial charge in [-0.25, -0.2) is 0 Å². The summed E-state index contributed by atoms with van der Waals surface area (Å²) in [5.41, 5.74) is 4.36. The average Bonchev–Trinajstić information content (AvgIpc) is 3.57.